The van der Waals surface area contributed by atoms with E-state index >= 15 is 0 Å². The van der Waals surface area contributed by atoms with Gasteiger partial charge in [0.25, 0.3) is 0 Å². The number of aryl methyl sites for hydroxylation is 1. The van der Waals surface area contributed by atoms with E-state index in [0.29, 0.717) is 6.42 Å². The van der Waals surface area contributed by atoms with Crippen LogP contribution in [0.2, 0.25) is 0 Å². The lowest BCUT2D eigenvalue weighted by atomic mass is 10.1. The topological polar surface area (TPSA) is 38.0 Å². The van der Waals surface area contributed by atoms with Gasteiger partial charge in [-0.1, -0.05) is 0 Å². The normalized spacial score (nSPS) is 10.6. The van der Waals surface area contributed by atoms with E-state index in [9.17, 15) is 4.39 Å². The Morgan fingerprint density at radius 1 is 1.42 bits per heavy atom. The molecule has 104 valence electrons. The van der Waals surface area contributed by atoms with Crippen molar-refractivity contribution in [1.29, 1.82) is 5.41 Å². The van der Waals surface area contributed by atoms with Crippen LogP contribution in [0.25, 0.3) is 10.9 Å². The number of benzene rings is 1. The number of nitrogens with zero attached hydrogens (tertiary/aromatic N) is 1. The summed E-state index contributed by atoms with van der Waals surface area (Å²) in [6, 6.07) is 4.70. The summed E-state index contributed by atoms with van der Waals surface area (Å²) in [5.41, 5.74) is 1.82. The van der Waals surface area contributed by atoms with E-state index in [2.05, 4.69) is 0 Å². The van der Waals surface area contributed by atoms with E-state index in [4.69, 9.17) is 10.1 Å². The van der Waals surface area contributed by atoms with Crippen LogP contribution in [-0.2, 0) is 18.2 Å². The number of halogens is 2. The lowest BCUT2D eigenvalue weighted by Crippen LogP contribution is -2.12. The summed E-state index contributed by atoms with van der Waals surface area (Å²) in [6.07, 6.45) is 2.36. The molecule has 19 heavy (non-hydrogen) atoms. The molecule has 0 atom stereocenters. The van der Waals surface area contributed by atoms with Crippen LogP contribution < -0.4 is 0 Å². The van der Waals surface area contributed by atoms with Gasteiger partial charge in [0.15, 0.2) is 5.90 Å². The number of aromatic nitrogens is 1. The first-order chi connectivity index (χ1) is 8.47. The Bertz CT molecular complexity index is 592. The lowest BCUT2D eigenvalue weighted by Gasteiger charge is -2.09. The first-order valence-electron chi connectivity index (χ1n) is 5.95. The zero-order valence-electron chi connectivity index (χ0n) is 11.2. The minimum Gasteiger partial charge on any atom is -0.478 e. The second-order valence-corrected chi connectivity index (χ2v) is 4.69. The van der Waals surface area contributed by atoms with Crippen LogP contribution in [-0.4, -0.2) is 16.6 Å². The monoisotopic (exact) mass is 284 g/mol. The van der Waals surface area contributed by atoms with E-state index < -0.39 is 0 Å². The molecule has 2 rings (SSSR count). The zero-order valence-corrected chi connectivity index (χ0v) is 12.1. The molecule has 0 bridgehead atoms. The van der Waals surface area contributed by atoms with E-state index in [0.717, 1.165) is 16.5 Å². The third-order valence-corrected chi connectivity index (χ3v) is 2.76. The Kier molecular flexibility index (Phi) is 4.95. The highest BCUT2D eigenvalue weighted by Gasteiger charge is 2.10. The van der Waals surface area contributed by atoms with E-state index in [1.165, 1.54) is 12.1 Å². The smallest absolute Gasteiger partial charge is 0.185 e. The Labute approximate surface area is 118 Å². The molecule has 3 nitrogen and oxygen atoms in total. The summed E-state index contributed by atoms with van der Waals surface area (Å²) in [6.45, 7) is 3.79. The molecule has 1 aromatic carbocycles. The molecule has 0 saturated heterocycles. The van der Waals surface area contributed by atoms with Crippen LogP contribution in [0.4, 0.5) is 4.39 Å². The van der Waals surface area contributed by atoms with Crippen LogP contribution >= 0.6 is 12.4 Å². The van der Waals surface area contributed by atoms with Crippen molar-refractivity contribution in [2.75, 3.05) is 0 Å². The fraction of sp³-hybridized carbons (Fsp3) is 0.357. The van der Waals surface area contributed by atoms with Crippen LogP contribution in [0.15, 0.2) is 24.4 Å². The summed E-state index contributed by atoms with van der Waals surface area (Å²) in [5, 5.41) is 8.75. The molecule has 0 saturated carbocycles. The van der Waals surface area contributed by atoms with Gasteiger partial charge in [0.1, 0.15) is 5.82 Å². The van der Waals surface area contributed by atoms with E-state index in [-0.39, 0.29) is 30.2 Å². The second kappa shape index (κ2) is 6.06. The maximum absolute atomic E-state index is 13.2. The fourth-order valence-electron chi connectivity index (χ4n) is 2.08. The number of nitrogens with one attached hydrogen (secondary N) is 1. The Balaban J connectivity index is 0.00000180. The fourth-order valence-corrected chi connectivity index (χ4v) is 2.08. The Hall–Kier alpha value is -1.55. The quantitative estimate of drug-likeness (QED) is 0.677. The van der Waals surface area contributed by atoms with Crippen molar-refractivity contribution < 1.29 is 9.13 Å². The summed E-state index contributed by atoms with van der Waals surface area (Å²) >= 11 is 0. The molecule has 0 amide bonds. The number of ether oxygens (including phenoxy) is 1. The van der Waals surface area contributed by atoms with Gasteiger partial charge in [-0.2, -0.15) is 0 Å². The molecule has 0 unspecified atom stereocenters. The third-order valence-electron chi connectivity index (χ3n) is 2.76. The van der Waals surface area contributed by atoms with Gasteiger partial charge in [0.2, 0.25) is 0 Å². The van der Waals surface area contributed by atoms with Crippen LogP contribution in [0.3, 0.4) is 0 Å². The summed E-state index contributed by atoms with van der Waals surface area (Å²) < 4.78 is 20.4. The van der Waals surface area contributed by atoms with Crippen molar-refractivity contribution in [2.24, 2.45) is 7.05 Å². The average Bonchev–Trinajstić information content (AvgIpc) is 2.54. The van der Waals surface area contributed by atoms with Crippen LogP contribution in [0.1, 0.15) is 19.4 Å². The Morgan fingerprint density at radius 3 is 2.74 bits per heavy atom. The maximum atomic E-state index is 13.2. The number of hydrogen-bond acceptors (Lipinski definition) is 2. The molecular formula is C14H18ClFN2O. The van der Waals surface area contributed by atoms with Gasteiger partial charge in [0.05, 0.1) is 18.0 Å². The van der Waals surface area contributed by atoms with Crippen molar-refractivity contribution >= 4 is 29.2 Å². The highest BCUT2D eigenvalue weighted by molar-refractivity contribution is 5.88. The van der Waals surface area contributed by atoms with Crippen LogP contribution in [0, 0.1) is 11.2 Å². The molecule has 0 aliphatic rings. The third kappa shape index (κ3) is 3.47. The largest absolute Gasteiger partial charge is 0.478 e. The highest BCUT2D eigenvalue weighted by atomic mass is 35.5. The molecule has 2 aromatic rings. The minimum absolute atomic E-state index is 0. The number of rotatable bonds is 3. The minimum atomic E-state index is -0.247. The molecule has 0 spiro atoms. The first-order valence-corrected chi connectivity index (χ1v) is 5.95. The molecule has 5 heteroatoms. The molecule has 1 N–H and O–H groups in total. The molecular weight excluding hydrogens is 267 g/mol. The SMILES string of the molecule is CC(C)OC(=N)Cc1cn(C)c2cc(F)ccc12.Cl. The van der Waals surface area contributed by atoms with Gasteiger partial charge in [-0.3, -0.25) is 5.41 Å². The van der Waals surface area contributed by atoms with Gasteiger partial charge < -0.3 is 9.30 Å². The van der Waals surface area contributed by atoms with Crippen molar-refractivity contribution in [3.63, 3.8) is 0 Å². The van der Waals surface area contributed by atoms with Gasteiger partial charge in [-0.05, 0) is 37.6 Å². The van der Waals surface area contributed by atoms with Crippen molar-refractivity contribution in [3.8, 4) is 0 Å². The van der Waals surface area contributed by atoms with Gasteiger partial charge in [-0.15, -0.1) is 12.4 Å². The van der Waals surface area contributed by atoms with Gasteiger partial charge in [-0.25, -0.2) is 4.39 Å². The van der Waals surface area contributed by atoms with Crippen LogP contribution in [0.5, 0.6) is 0 Å². The Morgan fingerprint density at radius 2 is 2.11 bits per heavy atom. The summed E-state index contributed by atoms with van der Waals surface area (Å²) in [4.78, 5) is 0. The number of hydrogen-bond donors (Lipinski definition) is 1. The average molecular weight is 285 g/mol. The van der Waals surface area contributed by atoms with E-state index in [1.54, 1.807) is 6.07 Å². The molecule has 0 aliphatic carbocycles. The van der Waals surface area contributed by atoms with E-state index in [1.807, 2.05) is 31.7 Å². The zero-order chi connectivity index (χ0) is 13.3. The highest BCUT2D eigenvalue weighted by Crippen LogP contribution is 2.22. The molecule has 1 heterocycles. The summed E-state index contributed by atoms with van der Waals surface area (Å²) in [5.74, 6) is -0.00872. The van der Waals surface area contributed by atoms with Crippen molar-refractivity contribution in [2.45, 2.75) is 26.4 Å². The summed E-state index contributed by atoms with van der Waals surface area (Å²) in [7, 11) is 1.87. The maximum Gasteiger partial charge on any atom is 0.185 e. The first kappa shape index (κ1) is 15.5. The predicted octanol–water partition coefficient (Wildman–Crippen LogP) is 3.68. The lowest BCUT2D eigenvalue weighted by molar-refractivity contribution is 0.221. The number of fused-ring (bicyclic) bond motifs is 1. The van der Waals surface area contributed by atoms with Gasteiger partial charge in [0, 0.05) is 18.6 Å². The second-order valence-electron chi connectivity index (χ2n) is 4.69. The molecule has 1 aromatic heterocycles. The van der Waals surface area contributed by atoms with Crippen molar-refractivity contribution in [3.05, 3.63) is 35.8 Å². The molecule has 0 fully saturated rings. The molecule has 0 aliphatic heterocycles. The predicted molar refractivity (Wildman–Crippen MR) is 77.8 cm³/mol. The standard InChI is InChI=1S/C14H17FN2O.ClH/c1-9(2)18-14(16)6-10-8-17(3)13-7-11(15)4-5-12(10)13;/h4-5,7-9,16H,6H2,1-3H3;1H. The molecule has 0 radical (unpaired) electrons. The van der Waals surface area contributed by atoms with Crippen molar-refractivity contribution in [1.82, 2.24) is 4.57 Å². The van der Waals surface area contributed by atoms with Gasteiger partial charge >= 0.3 is 0 Å².